The molecule has 4 heteroatoms. The fraction of sp³-hybridized carbons (Fsp3) is 0.857. The number of carbonyl (C=O) groups is 2. The van der Waals surface area contributed by atoms with E-state index in [2.05, 4.69) is 19.3 Å². The highest BCUT2D eigenvalue weighted by Gasteiger charge is 2.13. The number of nitrogens with zero attached hydrogens (tertiary/aromatic N) is 1. The molecule has 0 fully saturated rings. The lowest BCUT2D eigenvalue weighted by molar-refractivity contribution is -0.141. The first-order chi connectivity index (χ1) is 8.65. The Morgan fingerprint density at radius 2 is 1.44 bits per heavy atom. The molecule has 106 valence electrons. The van der Waals surface area contributed by atoms with Crippen LogP contribution in [0.4, 0.5) is 0 Å². The molecule has 0 atom stereocenters. The maximum Gasteiger partial charge on any atom is 0.240 e. The summed E-state index contributed by atoms with van der Waals surface area (Å²) < 4.78 is 0. The quantitative estimate of drug-likeness (QED) is 0.509. The average Bonchev–Trinajstić information content (AvgIpc) is 2.36. The number of hydrogen-bond donors (Lipinski definition) is 1. The molecule has 0 aliphatic heterocycles. The molecule has 0 saturated heterocycles. The monoisotopic (exact) mass is 256 g/mol. The van der Waals surface area contributed by atoms with E-state index < -0.39 is 0 Å². The van der Waals surface area contributed by atoms with Gasteiger partial charge in [-0.25, -0.2) is 0 Å². The third kappa shape index (κ3) is 8.09. The molecule has 0 aliphatic rings. The summed E-state index contributed by atoms with van der Waals surface area (Å²) in [6.45, 7) is 6.62. The van der Waals surface area contributed by atoms with Gasteiger partial charge in [0.05, 0.1) is 0 Å². The van der Waals surface area contributed by atoms with Crippen LogP contribution in [0.15, 0.2) is 0 Å². The maximum atomic E-state index is 11.8. The van der Waals surface area contributed by atoms with E-state index in [1.54, 1.807) is 0 Å². The molecule has 0 aromatic rings. The van der Waals surface area contributed by atoms with Crippen molar-refractivity contribution in [3.8, 4) is 0 Å². The van der Waals surface area contributed by atoms with Crippen molar-refractivity contribution in [1.82, 2.24) is 10.4 Å². The van der Waals surface area contributed by atoms with Crippen LogP contribution in [0.1, 0.15) is 72.1 Å². The van der Waals surface area contributed by atoms with E-state index in [0.717, 1.165) is 38.5 Å². The average molecular weight is 256 g/mol. The Morgan fingerprint density at radius 1 is 0.889 bits per heavy atom. The van der Waals surface area contributed by atoms with Crippen LogP contribution in [0.3, 0.4) is 0 Å². The standard InChI is InChI=1S/C14H28N2O2/c1-4-7-9-11-13(17)15-16(6-3)14(18)12-10-8-5-2/h4-12H2,1-3H3,(H,15,17). The molecule has 0 saturated carbocycles. The lowest BCUT2D eigenvalue weighted by atomic mass is 10.2. The fourth-order valence-electron chi connectivity index (χ4n) is 1.72. The zero-order chi connectivity index (χ0) is 13.8. The van der Waals surface area contributed by atoms with Gasteiger partial charge >= 0.3 is 0 Å². The molecular formula is C14H28N2O2. The fourth-order valence-corrected chi connectivity index (χ4v) is 1.72. The number of hydrogen-bond acceptors (Lipinski definition) is 2. The van der Waals surface area contributed by atoms with Crippen molar-refractivity contribution in [1.29, 1.82) is 0 Å². The van der Waals surface area contributed by atoms with E-state index in [1.807, 2.05) is 6.92 Å². The molecule has 0 heterocycles. The Balaban J connectivity index is 3.93. The Labute approximate surface area is 111 Å². The largest absolute Gasteiger partial charge is 0.273 e. The van der Waals surface area contributed by atoms with E-state index in [0.29, 0.717) is 19.4 Å². The Hall–Kier alpha value is -1.06. The Kier molecular flexibility index (Phi) is 10.4. The highest BCUT2D eigenvalue weighted by Crippen LogP contribution is 2.03. The van der Waals surface area contributed by atoms with Gasteiger partial charge in [-0.05, 0) is 19.8 Å². The van der Waals surface area contributed by atoms with Gasteiger partial charge in [0.15, 0.2) is 0 Å². The van der Waals surface area contributed by atoms with Gasteiger partial charge in [-0.2, -0.15) is 0 Å². The van der Waals surface area contributed by atoms with E-state index in [9.17, 15) is 9.59 Å². The molecule has 18 heavy (non-hydrogen) atoms. The summed E-state index contributed by atoms with van der Waals surface area (Å²) in [6, 6.07) is 0. The number of hydrazine groups is 1. The molecule has 0 unspecified atom stereocenters. The summed E-state index contributed by atoms with van der Waals surface area (Å²) >= 11 is 0. The minimum absolute atomic E-state index is 0.0230. The first kappa shape index (κ1) is 16.9. The van der Waals surface area contributed by atoms with Gasteiger partial charge in [-0.3, -0.25) is 20.0 Å². The van der Waals surface area contributed by atoms with Crippen molar-refractivity contribution in [3.63, 3.8) is 0 Å². The van der Waals surface area contributed by atoms with Crippen LogP contribution in [0, 0.1) is 0 Å². The van der Waals surface area contributed by atoms with Crippen molar-refractivity contribution < 1.29 is 9.59 Å². The maximum absolute atomic E-state index is 11.8. The normalized spacial score (nSPS) is 10.2. The van der Waals surface area contributed by atoms with E-state index in [-0.39, 0.29) is 11.8 Å². The molecule has 1 N–H and O–H groups in total. The van der Waals surface area contributed by atoms with E-state index in [1.165, 1.54) is 5.01 Å². The third-order valence-electron chi connectivity index (χ3n) is 2.88. The summed E-state index contributed by atoms with van der Waals surface area (Å²) in [5.41, 5.74) is 2.70. The smallest absolute Gasteiger partial charge is 0.240 e. The predicted molar refractivity (Wildman–Crippen MR) is 73.8 cm³/mol. The van der Waals surface area contributed by atoms with Crippen LogP contribution in [0.25, 0.3) is 0 Å². The topological polar surface area (TPSA) is 49.4 Å². The number of carbonyl (C=O) groups excluding carboxylic acids is 2. The lowest BCUT2D eigenvalue weighted by Crippen LogP contribution is -2.45. The van der Waals surface area contributed by atoms with Crippen LogP contribution in [0.5, 0.6) is 0 Å². The summed E-state index contributed by atoms with van der Waals surface area (Å²) in [5.74, 6) is -0.0241. The SMILES string of the molecule is CCCCCC(=O)NN(CC)C(=O)CCCCC. The first-order valence-corrected chi connectivity index (χ1v) is 7.25. The van der Waals surface area contributed by atoms with Crippen LogP contribution in [-0.2, 0) is 9.59 Å². The predicted octanol–water partition coefficient (Wildman–Crippen LogP) is 3.03. The highest BCUT2D eigenvalue weighted by atomic mass is 16.2. The van der Waals surface area contributed by atoms with Crippen molar-refractivity contribution >= 4 is 11.8 Å². The zero-order valence-electron chi connectivity index (χ0n) is 12.1. The van der Waals surface area contributed by atoms with E-state index >= 15 is 0 Å². The molecule has 0 aromatic carbocycles. The second-order valence-electron chi connectivity index (χ2n) is 4.59. The van der Waals surface area contributed by atoms with Crippen LogP contribution in [-0.4, -0.2) is 23.4 Å². The number of nitrogens with one attached hydrogen (secondary N) is 1. The molecule has 0 spiro atoms. The first-order valence-electron chi connectivity index (χ1n) is 7.25. The molecule has 0 rings (SSSR count). The Bertz CT molecular complexity index is 242. The molecule has 4 nitrogen and oxygen atoms in total. The summed E-state index contributed by atoms with van der Waals surface area (Å²) in [4.78, 5) is 23.4. The summed E-state index contributed by atoms with van der Waals surface area (Å²) in [6.07, 6.45) is 7.15. The Morgan fingerprint density at radius 3 is 1.94 bits per heavy atom. The van der Waals surface area contributed by atoms with Gasteiger partial charge in [0.1, 0.15) is 0 Å². The van der Waals surface area contributed by atoms with Crippen molar-refractivity contribution in [3.05, 3.63) is 0 Å². The zero-order valence-corrected chi connectivity index (χ0v) is 12.1. The van der Waals surface area contributed by atoms with Gasteiger partial charge in [0, 0.05) is 19.4 Å². The number of rotatable bonds is 9. The summed E-state index contributed by atoms with van der Waals surface area (Å²) in [7, 11) is 0. The van der Waals surface area contributed by atoms with Crippen LogP contribution < -0.4 is 5.43 Å². The lowest BCUT2D eigenvalue weighted by Gasteiger charge is -2.21. The highest BCUT2D eigenvalue weighted by molar-refractivity contribution is 5.82. The second-order valence-corrected chi connectivity index (χ2v) is 4.59. The van der Waals surface area contributed by atoms with Crippen molar-refractivity contribution in [2.45, 2.75) is 72.1 Å². The minimum atomic E-state index is -0.0471. The van der Waals surface area contributed by atoms with Crippen LogP contribution in [0.2, 0.25) is 0 Å². The summed E-state index contributed by atoms with van der Waals surface area (Å²) in [5, 5.41) is 1.45. The number of amides is 2. The van der Waals surface area contributed by atoms with Gasteiger partial charge in [0.2, 0.25) is 11.8 Å². The van der Waals surface area contributed by atoms with E-state index in [4.69, 9.17) is 0 Å². The third-order valence-corrected chi connectivity index (χ3v) is 2.88. The van der Waals surface area contributed by atoms with Crippen LogP contribution >= 0.6 is 0 Å². The molecule has 0 radical (unpaired) electrons. The molecular weight excluding hydrogens is 228 g/mol. The van der Waals surface area contributed by atoms with Gasteiger partial charge < -0.3 is 0 Å². The second kappa shape index (κ2) is 11.1. The molecule has 0 aliphatic carbocycles. The van der Waals surface area contributed by atoms with Gasteiger partial charge in [-0.1, -0.05) is 39.5 Å². The van der Waals surface area contributed by atoms with Gasteiger partial charge in [-0.15, -0.1) is 0 Å². The number of unbranched alkanes of at least 4 members (excludes halogenated alkanes) is 4. The van der Waals surface area contributed by atoms with Crippen molar-refractivity contribution in [2.24, 2.45) is 0 Å². The minimum Gasteiger partial charge on any atom is -0.273 e. The molecule has 0 aromatic heterocycles. The molecule has 2 amide bonds. The van der Waals surface area contributed by atoms with Crippen molar-refractivity contribution in [2.75, 3.05) is 6.54 Å². The van der Waals surface area contributed by atoms with Gasteiger partial charge in [0.25, 0.3) is 0 Å². The molecule has 0 bridgehead atoms.